The lowest BCUT2D eigenvalue weighted by Crippen LogP contribution is -2.05. The maximum atomic E-state index is 9.20. The van der Waals surface area contributed by atoms with Gasteiger partial charge < -0.3 is 15.6 Å². The number of hydrogen-bond acceptors (Lipinski definition) is 5. The summed E-state index contributed by atoms with van der Waals surface area (Å²) in [5.74, 6) is 0.592. The molecule has 0 radical (unpaired) electrons. The monoisotopic (exact) mass is 259 g/mol. The Labute approximate surface area is 112 Å². The van der Waals surface area contributed by atoms with E-state index in [1.165, 1.54) is 0 Å². The smallest absolute Gasteiger partial charge is 0.143 e. The summed E-state index contributed by atoms with van der Waals surface area (Å²) in [6.07, 6.45) is 7.59. The van der Waals surface area contributed by atoms with Gasteiger partial charge in [0.2, 0.25) is 0 Å². The molecule has 5 nitrogen and oxygen atoms in total. The molecule has 19 heavy (non-hydrogen) atoms. The zero-order valence-electron chi connectivity index (χ0n) is 10.6. The lowest BCUT2D eigenvalue weighted by molar-refractivity contribution is 0.258. The third-order valence-electron chi connectivity index (χ3n) is 2.72. The van der Waals surface area contributed by atoms with Crippen LogP contribution in [0, 0.1) is 0 Å². The van der Waals surface area contributed by atoms with E-state index in [0.29, 0.717) is 18.9 Å². The first-order chi connectivity index (χ1) is 9.33. The molecule has 0 saturated carbocycles. The molecule has 0 aliphatic heterocycles. The van der Waals surface area contributed by atoms with Gasteiger partial charge in [-0.1, -0.05) is 0 Å². The van der Waals surface area contributed by atoms with Crippen LogP contribution in [0.3, 0.4) is 0 Å². The van der Waals surface area contributed by atoms with Gasteiger partial charge in [-0.2, -0.15) is 0 Å². The SMILES string of the molecule is NCCc1cncc(COc2cnccc2CO)c1. The van der Waals surface area contributed by atoms with Crippen LogP contribution >= 0.6 is 0 Å². The number of aromatic nitrogens is 2. The van der Waals surface area contributed by atoms with Gasteiger partial charge in [-0.15, -0.1) is 0 Å². The number of nitrogens with zero attached hydrogens (tertiary/aromatic N) is 2. The van der Waals surface area contributed by atoms with Gasteiger partial charge in [-0.3, -0.25) is 9.97 Å². The highest BCUT2D eigenvalue weighted by Gasteiger charge is 2.03. The molecule has 2 aromatic heterocycles. The van der Waals surface area contributed by atoms with Gasteiger partial charge in [0, 0.05) is 29.7 Å². The molecule has 5 heteroatoms. The van der Waals surface area contributed by atoms with Crippen LogP contribution in [0.2, 0.25) is 0 Å². The lowest BCUT2D eigenvalue weighted by Gasteiger charge is -2.09. The molecule has 0 aliphatic rings. The summed E-state index contributed by atoms with van der Waals surface area (Å²) in [5, 5.41) is 9.20. The summed E-state index contributed by atoms with van der Waals surface area (Å²) in [5.41, 5.74) is 8.31. The molecule has 0 aliphatic carbocycles. The standard InChI is InChI=1S/C14H17N3O2/c15-3-1-11-5-12(7-17-6-11)10-19-14-8-16-4-2-13(14)9-18/h2,4-8,18H,1,3,9-10,15H2. The first kappa shape index (κ1) is 13.5. The molecule has 0 saturated heterocycles. The molecule has 0 unspecified atom stereocenters. The first-order valence-electron chi connectivity index (χ1n) is 6.13. The Morgan fingerprint density at radius 2 is 2.00 bits per heavy atom. The second-order valence-electron chi connectivity index (χ2n) is 4.17. The molecule has 0 amide bonds. The highest BCUT2D eigenvalue weighted by Crippen LogP contribution is 2.17. The van der Waals surface area contributed by atoms with Gasteiger partial charge in [-0.05, 0) is 30.7 Å². The van der Waals surface area contributed by atoms with Crippen LogP contribution in [0.4, 0.5) is 0 Å². The van der Waals surface area contributed by atoms with E-state index in [9.17, 15) is 5.11 Å². The molecule has 2 rings (SSSR count). The average molecular weight is 259 g/mol. The van der Waals surface area contributed by atoms with Crippen LogP contribution in [-0.2, 0) is 19.6 Å². The van der Waals surface area contributed by atoms with Crippen molar-refractivity contribution in [2.75, 3.05) is 6.54 Å². The Kier molecular flexibility index (Phi) is 4.83. The van der Waals surface area contributed by atoms with Crippen molar-refractivity contribution in [1.82, 2.24) is 9.97 Å². The Hall–Kier alpha value is -1.98. The number of ether oxygens (including phenoxy) is 1. The van der Waals surface area contributed by atoms with Crippen molar-refractivity contribution in [3.8, 4) is 5.75 Å². The molecule has 2 heterocycles. The first-order valence-corrected chi connectivity index (χ1v) is 6.13. The zero-order chi connectivity index (χ0) is 13.5. The molecule has 0 spiro atoms. The Balaban J connectivity index is 2.03. The van der Waals surface area contributed by atoms with E-state index in [0.717, 1.165) is 23.1 Å². The molecule has 0 aromatic carbocycles. The van der Waals surface area contributed by atoms with Crippen molar-refractivity contribution in [2.45, 2.75) is 19.6 Å². The fourth-order valence-corrected chi connectivity index (χ4v) is 1.75. The highest BCUT2D eigenvalue weighted by molar-refractivity contribution is 5.29. The van der Waals surface area contributed by atoms with Crippen LogP contribution in [-0.4, -0.2) is 21.6 Å². The largest absolute Gasteiger partial charge is 0.487 e. The van der Waals surface area contributed by atoms with Gasteiger partial charge in [0.05, 0.1) is 12.8 Å². The van der Waals surface area contributed by atoms with E-state index < -0.39 is 0 Å². The van der Waals surface area contributed by atoms with E-state index in [1.54, 1.807) is 30.9 Å². The van der Waals surface area contributed by atoms with Crippen molar-refractivity contribution in [1.29, 1.82) is 0 Å². The fourth-order valence-electron chi connectivity index (χ4n) is 1.75. The van der Waals surface area contributed by atoms with Gasteiger partial charge in [0.25, 0.3) is 0 Å². The van der Waals surface area contributed by atoms with Gasteiger partial charge in [0.1, 0.15) is 12.4 Å². The summed E-state index contributed by atoms with van der Waals surface area (Å²) >= 11 is 0. The molecular formula is C14H17N3O2. The Morgan fingerprint density at radius 1 is 1.16 bits per heavy atom. The quantitative estimate of drug-likeness (QED) is 0.810. The van der Waals surface area contributed by atoms with Crippen LogP contribution < -0.4 is 10.5 Å². The summed E-state index contributed by atoms with van der Waals surface area (Å²) in [6.45, 7) is 0.927. The number of aliphatic hydroxyl groups is 1. The maximum Gasteiger partial charge on any atom is 0.143 e. The van der Waals surface area contributed by atoms with E-state index in [-0.39, 0.29) is 6.61 Å². The van der Waals surface area contributed by atoms with Crippen LogP contribution in [0.15, 0.2) is 36.9 Å². The predicted octanol–water partition coefficient (Wildman–Crippen LogP) is 1.05. The molecule has 0 fully saturated rings. The van der Waals surface area contributed by atoms with Crippen molar-refractivity contribution in [3.63, 3.8) is 0 Å². The number of rotatable bonds is 6. The summed E-state index contributed by atoms with van der Waals surface area (Å²) < 4.78 is 5.65. The third kappa shape index (κ3) is 3.74. The number of nitrogens with two attached hydrogens (primary N) is 1. The lowest BCUT2D eigenvalue weighted by atomic mass is 10.1. The van der Waals surface area contributed by atoms with Crippen molar-refractivity contribution in [2.24, 2.45) is 5.73 Å². The minimum Gasteiger partial charge on any atom is -0.487 e. The second kappa shape index (κ2) is 6.82. The summed E-state index contributed by atoms with van der Waals surface area (Å²) in [4.78, 5) is 8.14. The number of pyridine rings is 2. The number of aliphatic hydroxyl groups excluding tert-OH is 1. The van der Waals surface area contributed by atoms with E-state index >= 15 is 0 Å². The van der Waals surface area contributed by atoms with E-state index in [2.05, 4.69) is 9.97 Å². The summed E-state index contributed by atoms with van der Waals surface area (Å²) in [7, 11) is 0. The number of hydrogen-bond donors (Lipinski definition) is 2. The maximum absolute atomic E-state index is 9.20. The van der Waals surface area contributed by atoms with Gasteiger partial charge >= 0.3 is 0 Å². The predicted molar refractivity (Wildman–Crippen MR) is 71.5 cm³/mol. The average Bonchev–Trinajstić information content (AvgIpc) is 2.46. The molecule has 0 bridgehead atoms. The second-order valence-corrected chi connectivity index (χ2v) is 4.17. The molecule has 0 atom stereocenters. The van der Waals surface area contributed by atoms with E-state index in [4.69, 9.17) is 10.5 Å². The highest BCUT2D eigenvalue weighted by atomic mass is 16.5. The Bertz CT molecular complexity index is 532. The van der Waals surface area contributed by atoms with E-state index in [1.807, 2.05) is 6.07 Å². The molecule has 2 aromatic rings. The molecular weight excluding hydrogens is 242 g/mol. The minimum absolute atomic E-state index is 0.0662. The van der Waals surface area contributed by atoms with Crippen LogP contribution in [0.25, 0.3) is 0 Å². The molecule has 3 N–H and O–H groups in total. The van der Waals surface area contributed by atoms with Crippen molar-refractivity contribution >= 4 is 0 Å². The van der Waals surface area contributed by atoms with Crippen LogP contribution in [0.5, 0.6) is 5.75 Å². The minimum atomic E-state index is -0.0662. The van der Waals surface area contributed by atoms with Gasteiger partial charge in [-0.25, -0.2) is 0 Å². The zero-order valence-corrected chi connectivity index (χ0v) is 10.6. The topological polar surface area (TPSA) is 81.3 Å². The third-order valence-corrected chi connectivity index (χ3v) is 2.72. The van der Waals surface area contributed by atoms with Gasteiger partial charge in [0.15, 0.2) is 0 Å². The summed E-state index contributed by atoms with van der Waals surface area (Å²) in [6, 6.07) is 3.76. The fraction of sp³-hybridized carbons (Fsp3) is 0.286. The molecule has 100 valence electrons. The Morgan fingerprint density at radius 3 is 2.79 bits per heavy atom. The van der Waals surface area contributed by atoms with Crippen LogP contribution in [0.1, 0.15) is 16.7 Å². The normalized spacial score (nSPS) is 10.4. The van der Waals surface area contributed by atoms with Crippen molar-refractivity contribution < 1.29 is 9.84 Å². The van der Waals surface area contributed by atoms with Crippen molar-refractivity contribution in [3.05, 3.63) is 53.6 Å².